The maximum atomic E-state index is 12.5. The van der Waals surface area contributed by atoms with Crippen LogP contribution in [-0.2, 0) is 10.0 Å². The lowest BCUT2D eigenvalue weighted by Gasteiger charge is -2.28. The number of nitrogens with zero attached hydrogens (tertiary/aromatic N) is 2. The van der Waals surface area contributed by atoms with Crippen molar-refractivity contribution in [3.8, 4) is 11.8 Å². The molecule has 2 aliphatic heterocycles. The van der Waals surface area contributed by atoms with Gasteiger partial charge in [0.2, 0.25) is 10.0 Å². The first-order valence-electron chi connectivity index (χ1n) is 9.10. The van der Waals surface area contributed by atoms with Gasteiger partial charge in [-0.15, -0.1) is 12.4 Å². The highest BCUT2D eigenvalue weighted by molar-refractivity contribution is 9.10. The molecule has 9 heteroatoms. The van der Waals surface area contributed by atoms with Gasteiger partial charge in [0.25, 0.3) is 0 Å². The van der Waals surface area contributed by atoms with E-state index in [4.69, 9.17) is 4.74 Å². The van der Waals surface area contributed by atoms with E-state index >= 15 is 0 Å². The number of likely N-dealkylation sites (tertiary alicyclic amines) is 1. The van der Waals surface area contributed by atoms with E-state index in [-0.39, 0.29) is 41.7 Å². The molecule has 1 saturated heterocycles. The summed E-state index contributed by atoms with van der Waals surface area (Å²) >= 11 is 3.30. The minimum absolute atomic E-state index is 0. The van der Waals surface area contributed by atoms with Gasteiger partial charge in [-0.25, -0.2) is 13.1 Å². The van der Waals surface area contributed by atoms with Crippen molar-refractivity contribution >= 4 is 38.4 Å². The van der Waals surface area contributed by atoms with Crippen molar-refractivity contribution < 1.29 is 13.2 Å². The number of halogens is 2. The molecule has 3 atom stereocenters. The van der Waals surface area contributed by atoms with E-state index in [0.717, 1.165) is 22.3 Å². The molecule has 154 valence electrons. The molecule has 2 aliphatic rings. The standard InChI is InChI=1S/C20H20BrN3O3S.ClH/c21-14-5-7-15(8-6-14)28(25,26)23-9-10-24-12-17-16-3-1-2-4-20(16)27-13-18(17)19(24)11-22;/h1-8,17-19,23H,9-10,12-13H2;1H/t17-,18-,19?;/m0./s1. The molecule has 1 unspecified atom stereocenters. The van der Waals surface area contributed by atoms with E-state index in [1.54, 1.807) is 24.3 Å². The molecular formula is C20H21BrClN3O3S. The number of rotatable bonds is 5. The number of fused-ring (bicyclic) bond motifs is 3. The summed E-state index contributed by atoms with van der Waals surface area (Å²) in [6, 6.07) is 16.6. The van der Waals surface area contributed by atoms with Crippen molar-refractivity contribution in [3.63, 3.8) is 0 Å². The minimum Gasteiger partial charge on any atom is -0.493 e. The molecule has 29 heavy (non-hydrogen) atoms. The minimum atomic E-state index is -3.57. The zero-order valence-corrected chi connectivity index (χ0v) is 18.7. The van der Waals surface area contributed by atoms with Crippen LogP contribution in [0.1, 0.15) is 11.5 Å². The van der Waals surface area contributed by atoms with E-state index < -0.39 is 10.0 Å². The van der Waals surface area contributed by atoms with Crippen molar-refractivity contribution in [1.29, 1.82) is 5.26 Å². The fraction of sp³-hybridized carbons (Fsp3) is 0.350. The monoisotopic (exact) mass is 497 g/mol. The molecule has 4 rings (SSSR count). The molecule has 0 bridgehead atoms. The molecule has 0 saturated carbocycles. The van der Waals surface area contributed by atoms with Gasteiger partial charge in [0, 0.05) is 35.9 Å². The Bertz CT molecular complexity index is 1010. The molecule has 0 spiro atoms. The van der Waals surface area contributed by atoms with Crippen molar-refractivity contribution in [2.24, 2.45) is 5.92 Å². The highest BCUT2D eigenvalue weighted by Crippen LogP contribution is 2.44. The summed E-state index contributed by atoms with van der Waals surface area (Å²) in [5.41, 5.74) is 1.14. The van der Waals surface area contributed by atoms with E-state index in [1.807, 2.05) is 18.2 Å². The number of nitriles is 1. The number of sulfonamides is 1. The zero-order chi connectivity index (χ0) is 19.7. The lowest BCUT2D eigenvalue weighted by molar-refractivity contribution is 0.190. The lowest BCUT2D eigenvalue weighted by atomic mass is 9.84. The Kier molecular flexibility index (Phi) is 6.87. The molecule has 0 amide bonds. The fourth-order valence-corrected chi connectivity index (χ4v) is 5.35. The molecule has 0 aromatic heterocycles. The summed E-state index contributed by atoms with van der Waals surface area (Å²) in [5.74, 6) is 1.22. The smallest absolute Gasteiger partial charge is 0.240 e. The molecule has 0 radical (unpaired) electrons. The van der Waals surface area contributed by atoms with Crippen molar-refractivity contribution in [1.82, 2.24) is 9.62 Å². The quantitative estimate of drug-likeness (QED) is 0.685. The molecular weight excluding hydrogens is 478 g/mol. The molecule has 1 fully saturated rings. The maximum Gasteiger partial charge on any atom is 0.240 e. The van der Waals surface area contributed by atoms with Gasteiger partial charge in [0.1, 0.15) is 11.8 Å². The molecule has 2 aromatic carbocycles. The van der Waals surface area contributed by atoms with Crippen LogP contribution in [0.5, 0.6) is 5.75 Å². The summed E-state index contributed by atoms with van der Waals surface area (Å²) in [7, 11) is -3.57. The van der Waals surface area contributed by atoms with Crippen LogP contribution in [0.2, 0.25) is 0 Å². The van der Waals surface area contributed by atoms with Gasteiger partial charge < -0.3 is 4.74 Å². The fourth-order valence-electron chi connectivity index (χ4n) is 4.06. The summed E-state index contributed by atoms with van der Waals surface area (Å²) in [6.07, 6.45) is 0. The number of hydrogen-bond donors (Lipinski definition) is 1. The van der Waals surface area contributed by atoms with Crippen LogP contribution in [0, 0.1) is 17.2 Å². The van der Waals surface area contributed by atoms with Crippen LogP contribution in [0.15, 0.2) is 57.9 Å². The third-order valence-electron chi connectivity index (χ3n) is 5.44. The summed E-state index contributed by atoms with van der Waals surface area (Å²) < 4.78 is 34.2. The molecule has 6 nitrogen and oxygen atoms in total. The average Bonchev–Trinajstić information content (AvgIpc) is 3.06. The highest BCUT2D eigenvalue weighted by Gasteiger charge is 2.45. The Labute approximate surface area is 185 Å². The highest BCUT2D eigenvalue weighted by atomic mass is 79.9. The third kappa shape index (κ3) is 4.44. The summed E-state index contributed by atoms with van der Waals surface area (Å²) in [6.45, 7) is 1.96. The van der Waals surface area contributed by atoms with Crippen LogP contribution < -0.4 is 9.46 Å². The Morgan fingerprint density at radius 3 is 2.66 bits per heavy atom. The zero-order valence-electron chi connectivity index (χ0n) is 15.5. The number of nitrogens with one attached hydrogen (secondary N) is 1. The Morgan fingerprint density at radius 2 is 1.93 bits per heavy atom. The molecule has 2 heterocycles. The van der Waals surface area contributed by atoms with E-state index in [2.05, 4.69) is 37.7 Å². The number of ether oxygens (including phenoxy) is 1. The van der Waals surface area contributed by atoms with Crippen LogP contribution in [0.4, 0.5) is 0 Å². The first-order valence-corrected chi connectivity index (χ1v) is 11.4. The SMILES string of the molecule is Cl.N#CC1[C@H]2COc3ccccc3[C@@H]2CN1CCNS(=O)(=O)c1ccc(Br)cc1. The summed E-state index contributed by atoms with van der Waals surface area (Å²) in [4.78, 5) is 2.29. The number of benzene rings is 2. The van der Waals surface area contributed by atoms with Gasteiger partial charge in [-0.2, -0.15) is 5.26 Å². The first-order chi connectivity index (χ1) is 13.5. The van der Waals surface area contributed by atoms with E-state index in [9.17, 15) is 13.7 Å². The second kappa shape index (κ2) is 9.02. The van der Waals surface area contributed by atoms with Crippen LogP contribution in [-0.4, -0.2) is 45.6 Å². The molecule has 0 aliphatic carbocycles. The average molecular weight is 499 g/mol. The van der Waals surface area contributed by atoms with Gasteiger partial charge in [-0.3, -0.25) is 4.90 Å². The third-order valence-corrected chi connectivity index (χ3v) is 7.45. The summed E-state index contributed by atoms with van der Waals surface area (Å²) in [5, 5.41) is 9.70. The van der Waals surface area contributed by atoms with Crippen LogP contribution >= 0.6 is 28.3 Å². The normalized spacial score (nSPS) is 23.2. The molecule has 2 aromatic rings. The second-order valence-electron chi connectivity index (χ2n) is 7.04. The lowest BCUT2D eigenvalue weighted by Crippen LogP contribution is -2.39. The van der Waals surface area contributed by atoms with Crippen LogP contribution in [0.3, 0.4) is 0 Å². The van der Waals surface area contributed by atoms with Crippen molar-refractivity contribution in [3.05, 3.63) is 58.6 Å². The van der Waals surface area contributed by atoms with Gasteiger partial charge in [-0.05, 0) is 35.9 Å². The predicted molar refractivity (Wildman–Crippen MR) is 116 cm³/mol. The van der Waals surface area contributed by atoms with Gasteiger partial charge in [0.05, 0.1) is 17.6 Å². The molecule has 1 N–H and O–H groups in total. The van der Waals surface area contributed by atoms with Crippen LogP contribution in [0.25, 0.3) is 0 Å². The van der Waals surface area contributed by atoms with Gasteiger partial charge >= 0.3 is 0 Å². The maximum absolute atomic E-state index is 12.5. The van der Waals surface area contributed by atoms with Crippen molar-refractivity contribution in [2.75, 3.05) is 26.2 Å². The number of para-hydroxylation sites is 1. The Morgan fingerprint density at radius 1 is 1.21 bits per heavy atom. The topological polar surface area (TPSA) is 82.4 Å². The Hall–Kier alpha value is -1.63. The second-order valence-corrected chi connectivity index (χ2v) is 9.72. The van der Waals surface area contributed by atoms with E-state index in [1.165, 1.54) is 0 Å². The first kappa shape index (κ1) is 22.1. The largest absolute Gasteiger partial charge is 0.493 e. The number of hydrogen-bond acceptors (Lipinski definition) is 5. The predicted octanol–water partition coefficient (Wildman–Crippen LogP) is 3.15. The van der Waals surface area contributed by atoms with Gasteiger partial charge in [-0.1, -0.05) is 34.1 Å². The van der Waals surface area contributed by atoms with E-state index in [0.29, 0.717) is 13.2 Å². The van der Waals surface area contributed by atoms with Gasteiger partial charge in [0.15, 0.2) is 0 Å². The van der Waals surface area contributed by atoms with Crippen molar-refractivity contribution in [2.45, 2.75) is 16.9 Å². The Balaban J connectivity index is 0.00000240.